The summed E-state index contributed by atoms with van der Waals surface area (Å²) in [4.78, 5) is 14.1. The number of hydrogen-bond donors (Lipinski definition) is 2. The standard InChI is InChI=1S/C15H24ClN3O/c1-5-6-10(2)18-15(20)11(3)19(4)14-9-12(16)7-8-13(14)17/h7-11H,5-6,17H2,1-4H3,(H,18,20). The molecule has 0 saturated heterocycles. The van der Waals surface area contributed by atoms with E-state index in [1.807, 2.05) is 25.8 Å². The Morgan fingerprint density at radius 1 is 1.45 bits per heavy atom. The fourth-order valence-electron chi connectivity index (χ4n) is 2.08. The molecule has 3 N–H and O–H groups in total. The smallest absolute Gasteiger partial charge is 0.242 e. The lowest BCUT2D eigenvalue weighted by atomic mass is 10.1. The van der Waals surface area contributed by atoms with Crippen molar-refractivity contribution < 1.29 is 4.79 Å². The molecule has 0 aliphatic heterocycles. The summed E-state index contributed by atoms with van der Waals surface area (Å²) >= 11 is 5.99. The third kappa shape index (κ3) is 4.30. The van der Waals surface area contributed by atoms with Gasteiger partial charge in [0.15, 0.2) is 0 Å². The van der Waals surface area contributed by atoms with Gasteiger partial charge in [0, 0.05) is 18.1 Å². The number of rotatable bonds is 6. The predicted molar refractivity (Wildman–Crippen MR) is 86.2 cm³/mol. The minimum absolute atomic E-state index is 0.00664. The molecule has 4 nitrogen and oxygen atoms in total. The van der Waals surface area contributed by atoms with Crippen molar-refractivity contribution in [3.05, 3.63) is 23.2 Å². The van der Waals surface area contributed by atoms with Crippen molar-refractivity contribution in [2.45, 2.75) is 45.7 Å². The molecule has 2 unspecified atom stereocenters. The van der Waals surface area contributed by atoms with Gasteiger partial charge in [-0.15, -0.1) is 0 Å². The average Bonchev–Trinajstić information content (AvgIpc) is 2.40. The SMILES string of the molecule is CCCC(C)NC(=O)C(C)N(C)c1cc(Cl)ccc1N. The van der Waals surface area contributed by atoms with Crippen molar-refractivity contribution in [2.24, 2.45) is 0 Å². The minimum Gasteiger partial charge on any atom is -0.397 e. The summed E-state index contributed by atoms with van der Waals surface area (Å²) in [6.07, 6.45) is 2.02. The summed E-state index contributed by atoms with van der Waals surface area (Å²) in [7, 11) is 1.84. The molecule has 20 heavy (non-hydrogen) atoms. The normalized spacial score (nSPS) is 13.7. The van der Waals surface area contributed by atoms with Gasteiger partial charge in [0.25, 0.3) is 0 Å². The second kappa shape index (κ2) is 7.39. The number of carbonyl (C=O) groups is 1. The van der Waals surface area contributed by atoms with Gasteiger partial charge in [0.05, 0.1) is 11.4 Å². The maximum atomic E-state index is 12.2. The molecule has 0 aromatic heterocycles. The van der Waals surface area contributed by atoms with Gasteiger partial charge in [-0.05, 0) is 38.5 Å². The number of hydrogen-bond acceptors (Lipinski definition) is 3. The fourth-order valence-corrected chi connectivity index (χ4v) is 2.24. The van der Waals surface area contributed by atoms with E-state index in [2.05, 4.69) is 12.2 Å². The van der Waals surface area contributed by atoms with E-state index in [9.17, 15) is 4.79 Å². The van der Waals surface area contributed by atoms with Gasteiger partial charge >= 0.3 is 0 Å². The lowest BCUT2D eigenvalue weighted by Gasteiger charge is -2.28. The highest BCUT2D eigenvalue weighted by molar-refractivity contribution is 6.31. The molecule has 0 aliphatic rings. The number of nitrogens with zero attached hydrogens (tertiary/aromatic N) is 1. The van der Waals surface area contributed by atoms with Gasteiger partial charge < -0.3 is 16.0 Å². The monoisotopic (exact) mass is 297 g/mol. The Balaban J connectivity index is 2.77. The Kier molecular flexibility index (Phi) is 6.14. The van der Waals surface area contributed by atoms with Crippen LogP contribution in [0.5, 0.6) is 0 Å². The summed E-state index contributed by atoms with van der Waals surface area (Å²) in [6.45, 7) is 5.97. The van der Waals surface area contributed by atoms with Crippen LogP contribution < -0.4 is 16.0 Å². The van der Waals surface area contributed by atoms with Crippen LogP contribution in [-0.4, -0.2) is 25.0 Å². The first kappa shape index (κ1) is 16.6. The molecule has 0 radical (unpaired) electrons. The molecular formula is C15H24ClN3O. The Morgan fingerprint density at radius 2 is 2.10 bits per heavy atom. The first-order chi connectivity index (χ1) is 9.36. The number of nitrogen functional groups attached to an aromatic ring is 1. The van der Waals surface area contributed by atoms with E-state index < -0.39 is 0 Å². The van der Waals surface area contributed by atoms with Gasteiger partial charge in [0.1, 0.15) is 6.04 Å². The zero-order valence-corrected chi connectivity index (χ0v) is 13.4. The molecular weight excluding hydrogens is 274 g/mol. The molecule has 5 heteroatoms. The van der Waals surface area contributed by atoms with Crippen LogP contribution in [-0.2, 0) is 4.79 Å². The summed E-state index contributed by atoms with van der Waals surface area (Å²) in [5, 5.41) is 3.62. The highest BCUT2D eigenvalue weighted by Gasteiger charge is 2.21. The van der Waals surface area contributed by atoms with Gasteiger partial charge in [-0.3, -0.25) is 4.79 Å². The molecule has 2 atom stereocenters. The van der Waals surface area contributed by atoms with Crippen LogP contribution in [0.15, 0.2) is 18.2 Å². The zero-order valence-electron chi connectivity index (χ0n) is 12.6. The number of carbonyl (C=O) groups excluding carboxylic acids is 1. The maximum absolute atomic E-state index is 12.2. The van der Waals surface area contributed by atoms with Gasteiger partial charge in [0.2, 0.25) is 5.91 Å². The molecule has 0 heterocycles. The summed E-state index contributed by atoms with van der Waals surface area (Å²) in [6, 6.07) is 5.13. The fraction of sp³-hybridized carbons (Fsp3) is 0.533. The largest absolute Gasteiger partial charge is 0.397 e. The highest BCUT2D eigenvalue weighted by Crippen LogP contribution is 2.27. The van der Waals surface area contributed by atoms with Crippen molar-refractivity contribution >= 4 is 28.9 Å². The van der Waals surface area contributed by atoms with Crippen molar-refractivity contribution in [3.63, 3.8) is 0 Å². The van der Waals surface area contributed by atoms with E-state index in [1.165, 1.54) is 0 Å². The predicted octanol–water partition coefficient (Wildman–Crippen LogP) is 3.05. The van der Waals surface area contributed by atoms with Crippen LogP contribution in [0.2, 0.25) is 5.02 Å². The molecule has 0 aliphatic carbocycles. The molecule has 0 saturated carbocycles. The number of amides is 1. The molecule has 1 rings (SSSR count). The summed E-state index contributed by atoms with van der Waals surface area (Å²) < 4.78 is 0. The summed E-state index contributed by atoms with van der Waals surface area (Å²) in [5.74, 6) is -0.00664. The van der Waals surface area contributed by atoms with Gasteiger partial charge in [-0.2, -0.15) is 0 Å². The second-order valence-electron chi connectivity index (χ2n) is 5.19. The number of benzene rings is 1. The minimum atomic E-state index is -0.310. The maximum Gasteiger partial charge on any atom is 0.242 e. The molecule has 0 spiro atoms. The third-order valence-corrected chi connectivity index (χ3v) is 3.68. The van der Waals surface area contributed by atoms with Gasteiger partial charge in [-0.1, -0.05) is 24.9 Å². The van der Waals surface area contributed by atoms with Crippen molar-refractivity contribution in [1.29, 1.82) is 0 Å². The van der Waals surface area contributed by atoms with Crippen LogP contribution in [0.1, 0.15) is 33.6 Å². The second-order valence-corrected chi connectivity index (χ2v) is 5.62. The Hall–Kier alpha value is -1.42. The molecule has 1 aromatic carbocycles. The first-order valence-electron chi connectivity index (χ1n) is 6.95. The molecule has 0 bridgehead atoms. The van der Waals surface area contributed by atoms with Gasteiger partial charge in [-0.25, -0.2) is 0 Å². The molecule has 1 aromatic rings. The van der Waals surface area contributed by atoms with Crippen molar-refractivity contribution in [2.75, 3.05) is 17.7 Å². The Morgan fingerprint density at radius 3 is 2.70 bits per heavy atom. The Labute approximate surface area is 126 Å². The summed E-state index contributed by atoms with van der Waals surface area (Å²) in [5.41, 5.74) is 7.32. The van der Waals surface area contributed by atoms with E-state index in [0.717, 1.165) is 18.5 Å². The van der Waals surface area contributed by atoms with E-state index in [4.69, 9.17) is 17.3 Å². The number of nitrogens with two attached hydrogens (primary N) is 1. The lowest BCUT2D eigenvalue weighted by molar-refractivity contribution is -0.122. The van der Waals surface area contributed by atoms with E-state index >= 15 is 0 Å². The van der Waals surface area contributed by atoms with Crippen LogP contribution in [0, 0.1) is 0 Å². The van der Waals surface area contributed by atoms with Crippen LogP contribution in [0.4, 0.5) is 11.4 Å². The van der Waals surface area contributed by atoms with E-state index in [-0.39, 0.29) is 18.0 Å². The van der Waals surface area contributed by atoms with Crippen molar-refractivity contribution in [1.82, 2.24) is 5.32 Å². The van der Waals surface area contributed by atoms with E-state index in [1.54, 1.807) is 18.2 Å². The average molecular weight is 298 g/mol. The van der Waals surface area contributed by atoms with Crippen LogP contribution in [0.3, 0.4) is 0 Å². The highest BCUT2D eigenvalue weighted by atomic mass is 35.5. The zero-order chi connectivity index (χ0) is 15.3. The first-order valence-corrected chi connectivity index (χ1v) is 7.32. The molecule has 1 amide bonds. The van der Waals surface area contributed by atoms with E-state index in [0.29, 0.717) is 10.7 Å². The topological polar surface area (TPSA) is 58.4 Å². The number of halogens is 1. The molecule has 0 fully saturated rings. The quantitative estimate of drug-likeness (QED) is 0.794. The Bertz CT molecular complexity index is 464. The number of anilines is 2. The third-order valence-electron chi connectivity index (χ3n) is 3.44. The lowest BCUT2D eigenvalue weighted by Crippen LogP contribution is -2.46. The van der Waals surface area contributed by atoms with Crippen LogP contribution in [0.25, 0.3) is 0 Å². The number of likely N-dealkylation sites (N-methyl/N-ethyl adjacent to an activating group) is 1. The van der Waals surface area contributed by atoms with Crippen molar-refractivity contribution in [3.8, 4) is 0 Å². The van der Waals surface area contributed by atoms with Crippen LogP contribution >= 0.6 is 11.6 Å². The molecule has 112 valence electrons. The number of nitrogens with one attached hydrogen (secondary N) is 1.